The van der Waals surface area contributed by atoms with Crippen LogP contribution in [0.5, 0.6) is 11.5 Å². The lowest BCUT2D eigenvalue weighted by Gasteiger charge is -2.14. The molecule has 0 saturated carbocycles. The van der Waals surface area contributed by atoms with Crippen molar-refractivity contribution in [3.63, 3.8) is 0 Å². The fourth-order valence-corrected chi connectivity index (χ4v) is 1.56. The summed E-state index contributed by atoms with van der Waals surface area (Å²) >= 11 is 0. The molecule has 0 saturated heterocycles. The van der Waals surface area contributed by atoms with Gasteiger partial charge in [-0.25, -0.2) is 0 Å². The second-order valence-corrected chi connectivity index (χ2v) is 4.39. The quantitative estimate of drug-likeness (QED) is 0.755. The topological polar surface area (TPSA) is 59.6 Å². The van der Waals surface area contributed by atoms with Gasteiger partial charge in [0.2, 0.25) is 0 Å². The van der Waals surface area contributed by atoms with E-state index >= 15 is 0 Å². The second-order valence-electron chi connectivity index (χ2n) is 4.39. The lowest BCUT2D eigenvalue weighted by Crippen LogP contribution is -2.30. The van der Waals surface area contributed by atoms with E-state index in [9.17, 15) is 4.79 Å². The van der Waals surface area contributed by atoms with Crippen molar-refractivity contribution in [1.29, 1.82) is 0 Å². The number of hydrogen-bond donors (Lipinski definition) is 2. The van der Waals surface area contributed by atoms with Gasteiger partial charge < -0.3 is 20.1 Å². The molecule has 2 N–H and O–H groups in total. The normalized spacial score (nSPS) is 9.85. The number of likely N-dealkylation sites (N-methyl/N-ethyl adjacent to an activating group) is 1. The summed E-state index contributed by atoms with van der Waals surface area (Å²) in [6.45, 7) is 5.20. The molecule has 1 amide bonds. The molecule has 0 aliphatic heterocycles. The van der Waals surface area contributed by atoms with Crippen LogP contribution in [0.15, 0.2) is 18.2 Å². The van der Waals surface area contributed by atoms with Gasteiger partial charge in [0.15, 0.2) is 11.5 Å². The van der Waals surface area contributed by atoms with Gasteiger partial charge in [-0.05, 0) is 39.1 Å². The molecule has 0 unspecified atom stereocenters. The summed E-state index contributed by atoms with van der Waals surface area (Å²) in [6.07, 6.45) is 0.0594. The molecule has 114 valence electrons. The van der Waals surface area contributed by atoms with Crippen LogP contribution in [-0.2, 0) is 0 Å². The molecule has 0 heterocycles. The Morgan fingerprint density at radius 2 is 1.95 bits per heavy atom. The smallest absolute Gasteiger partial charge is 0.251 e. The summed E-state index contributed by atoms with van der Waals surface area (Å²) in [5, 5.41) is 5.78. The number of hydrogen-bond acceptors (Lipinski definition) is 4. The van der Waals surface area contributed by atoms with Crippen molar-refractivity contribution in [2.24, 2.45) is 0 Å². The Labute approximate surface area is 126 Å². The molecule has 1 rings (SSSR count). The van der Waals surface area contributed by atoms with Crippen molar-refractivity contribution in [3.8, 4) is 11.5 Å². The Hall–Kier alpha value is -1.46. The number of amides is 1. The predicted molar refractivity (Wildman–Crippen MR) is 82.3 cm³/mol. The minimum absolute atomic E-state index is 0. The summed E-state index contributed by atoms with van der Waals surface area (Å²) in [5.41, 5.74) is 0.559. The fraction of sp³-hybridized carbons (Fsp3) is 0.500. The second kappa shape index (κ2) is 9.44. The Bertz CT molecular complexity index is 425. The Kier molecular flexibility index (Phi) is 8.76. The molecule has 0 aliphatic carbocycles. The summed E-state index contributed by atoms with van der Waals surface area (Å²) in [5.74, 6) is 1.09. The zero-order valence-corrected chi connectivity index (χ0v) is 13.2. The van der Waals surface area contributed by atoms with E-state index in [0.717, 1.165) is 6.54 Å². The van der Waals surface area contributed by atoms with E-state index in [0.29, 0.717) is 23.6 Å². The highest BCUT2D eigenvalue weighted by molar-refractivity contribution is 5.94. The van der Waals surface area contributed by atoms with Crippen LogP contribution < -0.4 is 20.1 Å². The number of ether oxygens (including phenoxy) is 2. The van der Waals surface area contributed by atoms with Gasteiger partial charge in [-0.15, -0.1) is 12.4 Å². The largest absolute Gasteiger partial charge is 0.493 e. The van der Waals surface area contributed by atoms with Crippen molar-refractivity contribution in [2.75, 3.05) is 27.2 Å². The number of methoxy groups -OCH3 is 1. The molecule has 5 nitrogen and oxygen atoms in total. The lowest BCUT2D eigenvalue weighted by atomic mass is 10.2. The molecule has 0 radical (unpaired) electrons. The van der Waals surface area contributed by atoms with E-state index in [-0.39, 0.29) is 24.4 Å². The molecule has 0 spiro atoms. The van der Waals surface area contributed by atoms with Gasteiger partial charge >= 0.3 is 0 Å². The van der Waals surface area contributed by atoms with Crippen LogP contribution >= 0.6 is 12.4 Å². The SMILES string of the molecule is CNCCNC(=O)c1ccc(OC(C)C)c(OC)c1.Cl. The van der Waals surface area contributed by atoms with Crippen LogP contribution in [0.25, 0.3) is 0 Å². The number of rotatable bonds is 7. The first-order valence-electron chi connectivity index (χ1n) is 6.36. The molecule has 0 fully saturated rings. The number of benzene rings is 1. The third-order valence-corrected chi connectivity index (χ3v) is 2.45. The summed E-state index contributed by atoms with van der Waals surface area (Å²) in [6, 6.07) is 5.17. The molecule has 0 bridgehead atoms. The van der Waals surface area contributed by atoms with Gasteiger partial charge in [-0.3, -0.25) is 4.79 Å². The minimum Gasteiger partial charge on any atom is -0.493 e. The Morgan fingerprint density at radius 3 is 2.50 bits per heavy atom. The fourth-order valence-electron chi connectivity index (χ4n) is 1.56. The first-order valence-corrected chi connectivity index (χ1v) is 6.36. The van der Waals surface area contributed by atoms with Crippen molar-refractivity contribution in [2.45, 2.75) is 20.0 Å². The van der Waals surface area contributed by atoms with Crippen LogP contribution in [-0.4, -0.2) is 39.3 Å². The van der Waals surface area contributed by atoms with Crippen molar-refractivity contribution in [1.82, 2.24) is 10.6 Å². The van der Waals surface area contributed by atoms with Gasteiger partial charge in [0.1, 0.15) is 0 Å². The van der Waals surface area contributed by atoms with Crippen LogP contribution in [0.4, 0.5) is 0 Å². The molecule has 1 aromatic rings. The molecular weight excluding hydrogens is 280 g/mol. The molecule has 0 aromatic heterocycles. The number of nitrogens with one attached hydrogen (secondary N) is 2. The van der Waals surface area contributed by atoms with E-state index in [4.69, 9.17) is 9.47 Å². The van der Waals surface area contributed by atoms with Gasteiger partial charge in [0.25, 0.3) is 5.91 Å². The monoisotopic (exact) mass is 302 g/mol. The summed E-state index contributed by atoms with van der Waals surface area (Å²) < 4.78 is 10.8. The molecular formula is C14H23ClN2O3. The lowest BCUT2D eigenvalue weighted by molar-refractivity contribution is 0.0953. The van der Waals surface area contributed by atoms with Crippen LogP contribution in [0.2, 0.25) is 0 Å². The minimum atomic E-state index is -0.121. The van der Waals surface area contributed by atoms with E-state index in [2.05, 4.69) is 10.6 Å². The third-order valence-electron chi connectivity index (χ3n) is 2.45. The Balaban J connectivity index is 0.00000361. The zero-order valence-electron chi connectivity index (χ0n) is 12.4. The predicted octanol–water partition coefficient (Wildman–Crippen LogP) is 1.85. The van der Waals surface area contributed by atoms with E-state index in [1.807, 2.05) is 20.9 Å². The van der Waals surface area contributed by atoms with Crippen LogP contribution in [0.3, 0.4) is 0 Å². The van der Waals surface area contributed by atoms with Crippen molar-refractivity contribution < 1.29 is 14.3 Å². The van der Waals surface area contributed by atoms with Crippen molar-refractivity contribution >= 4 is 18.3 Å². The average Bonchev–Trinajstić information content (AvgIpc) is 2.38. The van der Waals surface area contributed by atoms with Crippen molar-refractivity contribution in [3.05, 3.63) is 23.8 Å². The highest BCUT2D eigenvalue weighted by Gasteiger charge is 2.11. The average molecular weight is 303 g/mol. The van der Waals surface area contributed by atoms with E-state index in [1.54, 1.807) is 25.3 Å². The standard InChI is InChI=1S/C14H22N2O3.ClH/c1-10(2)19-12-6-5-11(9-13(12)18-4)14(17)16-8-7-15-3;/h5-6,9-10,15H,7-8H2,1-4H3,(H,16,17);1H. The molecule has 1 aromatic carbocycles. The van der Waals surface area contributed by atoms with Gasteiger partial charge in [0.05, 0.1) is 13.2 Å². The Morgan fingerprint density at radius 1 is 1.25 bits per heavy atom. The molecule has 6 heteroatoms. The van der Waals surface area contributed by atoms with Gasteiger partial charge in [-0.2, -0.15) is 0 Å². The summed E-state index contributed by atoms with van der Waals surface area (Å²) in [7, 11) is 3.40. The maximum absolute atomic E-state index is 11.9. The van der Waals surface area contributed by atoms with Crippen LogP contribution in [0.1, 0.15) is 24.2 Å². The summed E-state index contributed by atoms with van der Waals surface area (Å²) in [4.78, 5) is 11.9. The molecule has 0 aliphatic rings. The maximum Gasteiger partial charge on any atom is 0.251 e. The first kappa shape index (κ1) is 18.5. The first-order chi connectivity index (χ1) is 9.08. The number of halogens is 1. The van der Waals surface area contributed by atoms with Crippen LogP contribution in [0, 0.1) is 0 Å². The highest BCUT2D eigenvalue weighted by atomic mass is 35.5. The highest BCUT2D eigenvalue weighted by Crippen LogP contribution is 2.28. The third kappa shape index (κ3) is 5.67. The zero-order chi connectivity index (χ0) is 14.3. The molecule has 0 atom stereocenters. The van der Waals surface area contributed by atoms with Gasteiger partial charge in [0, 0.05) is 18.7 Å². The number of carbonyl (C=O) groups excluding carboxylic acids is 1. The molecule has 20 heavy (non-hydrogen) atoms. The van der Waals surface area contributed by atoms with E-state index < -0.39 is 0 Å². The maximum atomic E-state index is 11.9. The van der Waals surface area contributed by atoms with Gasteiger partial charge in [-0.1, -0.05) is 0 Å². The van der Waals surface area contributed by atoms with E-state index in [1.165, 1.54) is 0 Å². The number of carbonyl (C=O) groups is 1.